The highest BCUT2D eigenvalue weighted by Gasteiger charge is 2.32. The lowest BCUT2D eigenvalue weighted by atomic mass is 9.97. The van der Waals surface area contributed by atoms with E-state index in [-0.39, 0.29) is 47.9 Å². The molecule has 0 unspecified atom stereocenters. The number of ether oxygens (including phenoxy) is 1. The van der Waals surface area contributed by atoms with Crippen molar-refractivity contribution in [3.63, 3.8) is 0 Å². The molecule has 0 atom stereocenters. The molecular weight excluding hydrogens is 458 g/mol. The van der Waals surface area contributed by atoms with Gasteiger partial charge in [-0.3, -0.25) is 9.59 Å². The molecule has 0 aliphatic carbocycles. The van der Waals surface area contributed by atoms with E-state index < -0.39 is 20.0 Å². The molecule has 0 radical (unpaired) electrons. The molecular formula is C20H29N3O7S2. The number of ketones is 1. The predicted molar refractivity (Wildman–Crippen MR) is 117 cm³/mol. The summed E-state index contributed by atoms with van der Waals surface area (Å²) in [7, 11) is -7.15. The third kappa shape index (κ3) is 5.93. The monoisotopic (exact) mass is 487 g/mol. The van der Waals surface area contributed by atoms with E-state index >= 15 is 0 Å². The van der Waals surface area contributed by atoms with Crippen LogP contribution in [0.2, 0.25) is 0 Å². The Labute approximate surface area is 189 Å². The second kappa shape index (κ2) is 10.4. The van der Waals surface area contributed by atoms with Crippen LogP contribution < -0.4 is 5.32 Å². The highest BCUT2D eigenvalue weighted by Crippen LogP contribution is 2.24. The van der Waals surface area contributed by atoms with Crippen molar-refractivity contribution >= 4 is 31.7 Å². The molecule has 2 aliphatic heterocycles. The van der Waals surface area contributed by atoms with E-state index in [0.717, 1.165) is 0 Å². The van der Waals surface area contributed by atoms with Gasteiger partial charge in [0, 0.05) is 44.2 Å². The number of carbonyl (C=O) groups is 2. The van der Waals surface area contributed by atoms with Crippen LogP contribution in [0.15, 0.2) is 29.2 Å². The second-order valence-corrected chi connectivity index (χ2v) is 11.9. The number of amides is 1. The molecule has 32 heavy (non-hydrogen) atoms. The number of rotatable bonds is 8. The summed E-state index contributed by atoms with van der Waals surface area (Å²) in [6.45, 7) is 3.20. The van der Waals surface area contributed by atoms with E-state index in [1.54, 1.807) is 0 Å². The molecule has 2 heterocycles. The number of benzene rings is 1. The number of morpholine rings is 1. The van der Waals surface area contributed by atoms with Crippen LogP contribution in [-0.2, 0) is 29.6 Å². The summed E-state index contributed by atoms with van der Waals surface area (Å²) in [6, 6.07) is 5.81. The first-order chi connectivity index (χ1) is 15.1. The molecule has 10 nitrogen and oxygen atoms in total. The minimum absolute atomic E-state index is 0.0134. The summed E-state index contributed by atoms with van der Waals surface area (Å²) in [4.78, 5) is 23.9. The average Bonchev–Trinajstić information content (AvgIpc) is 2.79. The van der Waals surface area contributed by atoms with Crippen molar-refractivity contribution in [2.45, 2.75) is 24.7 Å². The standard InChI is InChI=1S/C20H29N3O7S2/c1-16(24)17-2-4-19(5-3-17)32(28,29)23-9-6-18(7-10-23)20(25)21-8-15-31(26,27)22-11-13-30-14-12-22/h2-5,18H,6-15H2,1H3,(H,21,25). The van der Waals surface area contributed by atoms with E-state index in [4.69, 9.17) is 4.74 Å². The Hall–Kier alpha value is -1.86. The number of sulfonamides is 2. The van der Waals surface area contributed by atoms with Gasteiger partial charge in [0.15, 0.2) is 5.78 Å². The third-order valence-corrected chi connectivity index (χ3v) is 9.53. The van der Waals surface area contributed by atoms with Crippen molar-refractivity contribution in [3.05, 3.63) is 29.8 Å². The van der Waals surface area contributed by atoms with E-state index in [9.17, 15) is 26.4 Å². The summed E-state index contributed by atoms with van der Waals surface area (Å²) >= 11 is 0. The fourth-order valence-electron chi connectivity index (χ4n) is 3.77. The molecule has 1 aromatic carbocycles. The molecule has 2 saturated heterocycles. The number of piperidine rings is 1. The molecule has 0 spiro atoms. The van der Waals surface area contributed by atoms with Crippen LogP contribution in [0.3, 0.4) is 0 Å². The second-order valence-electron chi connectivity index (χ2n) is 7.88. The summed E-state index contributed by atoms with van der Waals surface area (Å²) < 4.78 is 58.2. The molecule has 178 valence electrons. The molecule has 0 saturated carbocycles. The normalized spacial score (nSPS) is 19.5. The topological polar surface area (TPSA) is 130 Å². The van der Waals surface area contributed by atoms with Gasteiger partial charge >= 0.3 is 0 Å². The van der Waals surface area contributed by atoms with Gasteiger partial charge in [-0.25, -0.2) is 16.8 Å². The zero-order valence-electron chi connectivity index (χ0n) is 18.0. The minimum atomic E-state index is -3.71. The molecule has 0 aromatic heterocycles. The van der Waals surface area contributed by atoms with Crippen molar-refractivity contribution < 1.29 is 31.2 Å². The third-order valence-electron chi connectivity index (χ3n) is 5.75. The zero-order valence-corrected chi connectivity index (χ0v) is 19.7. The maximum Gasteiger partial charge on any atom is 0.243 e. The van der Waals surface area contributed by atoms with Crippen molar-refractivity contribution in [3.8, 4) is 0 Å². The first-order valence-electron chi connectivity index (χ1n) is 10.6. The highest BCUT2D eigenvalue weighted by molar-refractivity contribution is 7.89. The Morgan fingerprint density at radius 1 is 0.969 bits per heavy atom. The molecule has 1 N–H and O–H groups in total. The van der Waals surface area contributed by atoms with Crippen LogP contribution in [-0.4, -0.2) is 88.8 Å². The van der Waals surface area contributed by atoms with Gasteiger partial charge in [-0.1, -0.05) is 12.1 Å². The summed E-state index contributed by atoms with van der Waals surface area (Å²) in [5, 5.41) is 2.67. The van der Waals surface area contributed by atoms with E-state index in [1.165, 1.54) is 39.8 Å². The Bertz CT molecular complexity index is 1030. The molecule has 2 aliphatic rings. The van der Waals surface area contributed by atoms with Crippen molar-refractivity contribution in [2.24, 2.45) is 5.92 Å². The lowest BCUT2D eigenvalue weighted by Crippen LogP contribution is -2.45. The lowest BCUT2D eigenvalue weighted by molar-refractivity contribution is -0.125. The Morgan fingerprint density at radius 3 is 2.12 bits per heavy atom. The smallest absolute Gasteiger partial charge is 0.243 e. The highest BCUT2D eigenvalue weighted by atomic mass is 32.2. The quantitative estimate of drug-likeness (QED) is 0.514. The Kier molecular flexibility index (Phi) is 8.04. The van der Waals surface area contributed by atoms with Crippen LogP contribution in [0.1, 0.15) is 30.1 Å². The SMILES string of the molecule is CC(=O)c1ccc(S(=O)(=O)N2CCC(C(=O)NCCS(=O)(=O)N3CCOCC3)CC2)cc1. The van der Waals surface area contributed by atoms with Crippen LogP contribution in [0.25, 0.3) is 0 Å². The number of hydrogen-bond donors (Lipinski definition) is 1. The van der Waals surface area contributed by atoms with Gasteiger partial charge < -0.3 is 10.1 Å². The average molecular weight is 488 g/mol. The minimum Gasteiger partial charge on any atom is -0.379 e. The molecule has 1 amide bonds. The fraction of sp³-hybridized carbons (Fsp3) is 0.600. The summed E-state index contributed by atoms with van der Waals surface area (Å²) in [6.07, 6.45) is 0.708. The number of Topliss-reactive ketones (excluding diaryl/α,β-unsaturated/α-hetero) is 1. The van der Waals surface area contributed by atoms with Gasteiger partial charge in [0.2, 0.25) is 26.0 Å². The van der Waals surface area contributed by atoms with Gasteiger partial charge in [-0.2, -0.15) is 8.61 Å². The Morgan fingerprint density at radius 2 is 1.56 bits per heavy atom. The van der Waals surface area contributed by atoms with Crippen LogP contribution >= 0.6 is 0 Å². The molecule has 3 rings (SSSR count). The molecule has 12 heteroatoms. The predicted octanol–water partition coefficient (Wildman–Crippen LogP) is 0.0681. The van der Waals surface area contributed by atoms with Crippen molar-refractivity contribution in [1.82, 2.24) is 13.9 Å². The maximum atomic E-state index is 12.8. The van der Waals surface area contributed by atoms with Gasteiger partial charge in [-0.15, -0.1) is 0 Å². The summed E-state index contributed by atoms with van der Waals surface area (Å²) in [5.74, 6) is -0.946. The number of carbonyl (C=O) groups excluding carboxylic acids is 2. The van der Waals surface area contributed by atoms with Crippen LogP contribution in [0, 0.1) is 5.92 Å². The van der Waals surface area contributed by atoms with Gasteiger partial charge in [-0.05, 0) is 31.9 Å². The van der Waals surface area contributed by atoms with Crippen molar-refractivity contribution in [2.75, 3.05) is 51.7 Å². The summed E-state index contributed by atoms with van der Waals surface area (Å²) in [5.41, 5.74) is 0.440. The van der Waals surface area contributed by atoms with Crippen LogP contribution in [0.4, 0.5) is 0 Å². The van der Waals surface area contributed by atoms with E-state index in [0.29, 0.717) is 44.7 Å². The molecule has 2 fully saturated rings. The number of nitrogens with zero attached hydrogens (tertiary/aromatic N) is 2. The fourth-order valence-corrected chi connectivity index (χ4v) is 6.56. The molecule has 1 aromatic rings. The van der Waals surface area contributed by atoms with Crippen LogP contribution in [0.5, 0.6) is 0 Å². The number of nitrogens with one attached hydrogen (secondary N) is 1. The lowest BCUT2D eigenvalue weighted by Gasteiger charge is -2.30. The van der Waals surface area contributed by atoms with E-state index in [2.05, 4.69) is 5.32 Å². The van der Waals surface area contributed by atoms with Gasteiger partial charge in [0.25, 0.3) is 0 Å². The number of hydrogen-bond acceptors (Lipinski definition) is 7. The van der Waals surface area contributed by atoms with Crippen molar-refractivity contribution in [1.29, 1.82) is 0 Å². The zero-order chi connectivity index (χ0) is 23.4. The van der Waals surface area contributed by atoms with Gasteiger partial charge in [0.1, 0.15) is 0 Å². The first kappa shape index (κ1) is 24.8. The largest absolute Gasteiger partial charge is 0.379 e. The maximum absolute atomic E-state index is 12.8. The van der Waals surface area contributed by atoms with Gasteiger partial charge in [0.05, 0.1) is 23.9 Å². The first-order valence-corrected chi connectivity index (χ1v) is 13.6. The Balaban J connectivity index is 1.48. The molecule has 0 bridgehead atoms. The van der Waals surface area contributed by atoms with E-state index in [1.807, 2.05) is 0 Å².